The quantitative estimate of drug-likeness (QED) is 0.826. The Bertz CT molecular complexity index is 657. The van der Waals surface area contributed by atoms with Crippen molar-refractivity contribution in [1.29, 1.82) is 0 Å². The molecule has 3 N–H and O–H groups in total. The third-order valence-electron chi connectivity index (χ3n) is 2.35. The minimum Gasteiger partial charge on any atom is -0.343 e. The Hall–Kier alpha value is -1.29. The molecular weight excluding hydrogens is 336 g/mol. The summed E-state index contributed by atoms with van der Waals surface area (Å²) in [5.74, 6) is 0.262. The summed E-state index contributed by atoms with van der Waals surface area (Å²) >= 11 is 3.22. The summed E-state index contributed by atoms with van der Waals surface area (Å²) in [4.78, 5) is 3.86. The van der Waals surface area contributed by atoms with Gasteiger partial charge >= 0.3 is 0 Å². The first-order chi connectivity index (χ1) is 9.03. The lowest BCUT2D eigenvalue weighted by molar-refractivity contribution is 0.409. The van der Waals surface area contributed by atoms with Crippen molar-refractivity contribution in [3.63, 3.8) is 0 Å². The monoisotopic (exact) mass is 346 g/mol. The van der Waals surface area contributed by atoms with Crippen LogP contribution in [0.1, 0.15) is 11.4 Å². The zero-order valence-electron chi connectivity index (χ0n) is 9.71. The van der Waals surface area contributed by atoms with Crippen LogP contribution in [0, 0.1) is 0 Å². The van der Waals surface area contributed by atoms with E-state index in [0.717, 1.165) is 12.0 Å². The van der Waals surface area contributed by atoms with Crippen molar-refractivity contribution in [2.45, 2.75) is 18.0 Å². The van der Waals surface area contributed by atoms with Crippen LogP contribution >= 0.6 is 15.9 Å². The molecule has 0 bridgehead atoms. The lowest BCUT2D eigenvalue weighted by Gasteiger charge is -2.08. The molecule has 1 aromatic heterocycles. The molecule has 7 nitrogen and oxygen atoms in total. The first-order valence-corrected chi connectivity index (χ1v) is 7.54. The first-order valence-electron chi connectivity index (χ1n) is 5.26. The van der Waals surface area contributed by atoms with Gasteiger partial charge in [-0.05, 0) is 33.6 Å². The number of hydrogen-bond donors (Lipinski definition) is 2. The second-order valence-corrected chi connectivity index (χ2v) is 6.23. The van der Waals surface area contributed by atoms with Crippen molar-refractivity contribution < 1.29 is 12.9 Å². The van der Waals surface area contributed by atoms with Crippen LogP contribution in [0.25, 0.3) is 0 Å². The number of halogens is 1. The van der Waals surface area contributed by atoms with Gasteiger partial charge < -0.3 is 10.3 Å². The summed E-state index contributed by atoms with van der Waals surface area (Å²) in [7, 11) is -3.65. The van der Waals surface area contributed by atoms with Gasteiger partial charge in [-0.25, -0.2) is 13.1 Å². The zero-order valence-corrected chi connectivity index (χ0v) is 12.1. The molecule has 102 valence electrons. The van der Waals surface area contributed by atoms with Gasteiger partial charge in [0.05, 0.1) is 11.4 Å². The predicted molar refractivity (Wildman–Crippen MR) is 70.4 cm³/mol. The molecule has 19 heavy (non-hydrogen) atoms. The highest BCUT2D eigenvalue weighted by Gasteiger charge is 2.18. The van der Waals surface area contributed by atoms with E-state index >= 15 is 0 Å². The molecule has 0 aliphatic rings. The maximum absolute atomic E-state index is 12.1. The third-order valence-corrected chi connectivity index (χ3v) is 4.73. The van der Waals surface area contributed by atoms with E-state index in [9.17, 15) is 8.42 Å². The van der Waals surface area contributed by atoms with Crippen LogP contribution < -0.4 is 10.5 Å². The lowest BCUT2D eigenvalue weighted by Crippen LogP contribution is -2.24. The second kappa shape index (κ2) is 5.78. The summed E-state index contributed by atoms with van der Waals surface area (Å²) in [6.45, 7) is 0.305. The van der Waals surface area contributed by atoms with E-state index in [0.29, 0.717) is 11.0 Å². The highest BCUT2D eigenvalue weighted by molar-refractivity contribution is 9.10. The highest BCUT2D eigenvalue weighted by atomic mass is 79.9. The van der Waals surface area contributed by atoms with Gasteiger partial charge in [0.15, 0.2) is 5.82 Å². The number of nitrogens with one attached hydrogen (secondary N) is 1. The van der Waals surface area contributed by atoms with Gasteiger partial charge in [-0.15, -0.1) is 0 Å². The van der Waals surface area contributed by atoms with Crippen LogP contribution in [0.3, 0.4) is 0 Å². The third kappa shape index (κ3) is 3.38. The highest BCUT2D eigenvalue weighted by Crippen LogP contribution is 2.23. The lowest BCUT2D eigenvalue weighted by atomic mass is 10.2. The van der Waals surface area contributed by atoms with Gasteiger partial charge in [0, 0.05) is 11.0 Å². The van der Waals surface area contributed by atoms with Crippen molar-refractivity contribution in [2.75, 3.05) is 0 Å². The molecule has 0 amide bonds. The Kier molecular flexibility index (Phi) is 4.30. The molecular formula is C10H11BrN4O3S. The summed E-state index contributed by atoms with van der Waals surface area (Å²) < 4.78 is 31.5. The normalized spacial score (nSPS) is 11.7. The zero-order chi connectivity index (χ0) is 13.9. The van der Waals surface area contributed by atoms with Gasteiger partial charge in [-0.2, -0.15) is 4.98 Å². The number of sulfonamides is 1. The number of nitrogens with zero attached hydrogens (tertiary/aromatic N) is 2. The Morgan fingerprint density at radius 2 is 2.21 bits per heavy atom. The maximum Gasteiger partial charge on any atom is 0.242 e. The van der Waals surface area contributed by atoms with Crippen molar-refractivity contribution in [1.82, 2.24) is 14.9 Å². The first kappa shape index (κ1) is 14.1. The minimum absolute atomic E-state index is 0.0378. The summed E-state index contributed by atoms with van der Waals surface area (Å²) in [6, 6.07) is 4.82. The molecule has 1 aromatic carbocycles. The molecule has 0 fully saturated rings. The molecule has 0 atom stereocenters. The minimum atomic E-state index is -3.65. The maximum atomic E-state index is 12.1. The fourth-order valence-corrected chi connectivity index (χ4v) is 3.50. The fraction of sp³-hybridized carbons (Fsp3) is 0.200. The Morgan fingerprint density at radius 3 is 2.79 bits per heavy atom. The van der Waals surface area contributed by atoms with Gasteiger partial charge in [-0.1, -0.05) is 11.2 Å². The van der Waals surface area contributed by atoms with E-state index in [1.54, 1.807) is 12.1 Å². The Labute approximate surface area is 118 Å². The average molecular weight is 347 g/mol. The predicted octanol–water partition coefficient (Wildman–Crippen LogP) is 0.769. The van der Waals surface area contributed by atoms with Crippen LogP contribution in [0.15, 0.2) is 38.5 Å². The van der Waals surface area contributed by atoms with Gasteiger partial charge in [0.2, 0.25) is 16.4 Å². The molecule has 1 heterocycles. The molecule has 2 rings (SSSR count). The number of aromatic nitrogens is 2. The van der Waals surface area contributed by atoms with E-state index in [-0.39, 0.29) is 17.3 Å². The van der Waals surface area contributed by atoms with Crippen LogP contribution in [0.2, 0.25) is 0 Å². The molecule has 9 heteroatoms. The smallest absolute Gasteiger partial charge is 0.242 e. The largest absolute Gasteiger partial charge is 0.343 e. The molecule has 2 aromatic rings. The summed E-state index contributed by atoms with van der Waals surface area (Å²) in [6.07, 6.45) is 1.13. The van der Waals surface area contributed by atoms with E-state index in [1.807, 2.05) is 0 Å². The van der Waals surface area contributed by atoms with E-state index in [2.05, 4.69) is 35.3 Å². The van der Waals surface area contributed by atoms with Crippen LogP contribution in [-0.4, -0.2) is 18.6 Å². The van der Waals surface area contributed by atoms with Gasteiger partial charge in [0.25, 0.3) is 0 Å². The SMILES string of the molecule is NCc1ccc(S(=O)(=O)NCc2ncon2)c(Br)c1. The van der Waals surface area contributed by atoms with Gasteiger partial charge in [0.1, 0.15) is 0 Å². The molecule has 0 saturated heterocycles. The van der Waals surface area contributed by atoms with Crippen LogP contribution in [0.4, 0.5) is 0 Å². The molecule has 0 aliphatic carbocycles. The van der Waals surface area contributed by atoms with Crippen molar-refractivity contribution >= 4 is 26.0 Å². The number of rotatable bonds is 5. The van der Waals surface area contributed by atoms with Crippen LogP contribution in [-0.2, 0) is 23.1 Å². The van der Waals surface area contributed by atoms with E-state index in [4.69, 9.17) is 5.73 Å². The summed E-state index contributed by atoms with van der Waals surface area (Å²) in [5, 5.41) is 3.52. The molecule has 0 unspecified atom stereocenters. The second-order valence-electron chi connectivity index (χ2n) is 3.64. The molecule has 0 saturated carbocycles. The molecule has 0 spiro atoms. The van der Waals surface area contributed by atoms with E-state index in [1.165, 1.54) is 6.07 Å². The van der Waals surface area contributed by atoms with Crippen molar-refractivity contribution in [2.24, 2.45) is 5.73 Å². The fourth-order valence-electron chi connectivity index (χ4n) is 1.40. The van der Waals surface area contributed by atoms with Crippen molar-refractivity contribution in [3.05, 3.63) is 40.5 Å². The Morgan fingerprint density at radius 1 is 1.42 bits per heavy atom. The van der Waals surface area contributed by atoms with E-state index < -0.39 is 10.0 Å². The molecule has 0 aliphatic heterocycles. The summed E-state index contributed by atoms with van der Waals surface area (Å²) in [5.41, 5.74) is 6.32. The van der Waals surface area contributed by atoms with Crippen molar-refractivity contribution in [3.8, 4) is 0 Å². The average Bonchev–Trinajstić information content (AvgIpc) is 2.89. The number of benzene rings is 1. The topological polar surface area (TPSA) is 111 Å². The standard InChI is InChI=1S/C10H11BrN4O3S/c11-8-3-7(4-12)1-2-9(8)19(16,17)14-5-10-13-6-18-15-10/h1-3,6,14H,4-5,12H2. The molecule has 0 radical (unpaired) electrons. The number of hydrogen-bond acceptors (Lipinski definition) is 6. The number of nitrogens with two attached hydrogens (primary N) is 1. The van der Waals surface area contributed by atoms with Gasteiger partial charge in [-0.3, -0.25) is 0 Å². The van der Waals surface area contributed by atoms with Crippen LogP contribution in [0.5, 0.6) is 0 Å². The Balaban J connectivity index is 2.19.